The summed E-state index contributed by atoms with van der Waals surface area (Å²) in [5, 5.41) is 0.0306. The number of benzene rings is 2. The van der Waals surface area contributed by atoms with E-state index in [1.807, 2.05) is 0 Å². The molecule has 0 aliphatic carbocycles. The molecule has 2 unspecified atom stereocenters. The van der Waals surface area contributed by atoms with E-state index in [2.05, 4.69) is 70.2 Å². The lowest BCUT2D eigenvalue weighted by Crippen LogP contribution is -2.09. The Labute approximate surface area is 127 Å². The van der Waals surface area contributed by atoms with Crippen molar-refractivity contribution in [3.8, 4) is 0 Å². The van der Waals surface area contributed by atoms with E-state index in [-0.39, 0.29) is 5.38 Å². The Kier molecular flexibility index (Phi) is 4.88. The second kappa shape index (κ2) is 6.45. The summed E-state index contributed by atoms with van der Waals surface area (Å²) in [4.78, 5) is 0. The lowest BCUT2D eigenvalue weighted by Gasteiger charge is -2.25. The second-order valence-corrected chi connectivity index (χ2v) is 6.11. The molecule has 0 aliphatic heterocycles. The average molecular weight is 287 g/mol. The van der Waals surface area contributed by atoms with Crippen LogP contribution in [0.1, 0.15) is 52.5 Å². The van der Waals surface area contributed by atoms with Crippen molar-refractivity contribution in [1.29, 1.82) is 0 Å². The first-order valence-electron chi connectivity index (χ1n) is 7.31. The minimum atomic E-state index is 0.0306. The van der Waals surface area contributed by atoms with Crippen molar-refractivity contribution in [2.75, 3.05) is 0 Å². The summed E-state index contributed by atoms with van der Waals surface area (Å²) in [7, 11) is 0. The zero-order valence-corrected chi connectivity index (χ0v) is 13.5. The molecule has 1 heteroatoms. The number of hydrogen-bond donors (Lipinski definition) is 0. The lowest BCUT2D eigenvalue weighted by atomic mass is 9.85. The highest BCUT2D eigenvalue weighted by Gasteiger charge is 2.24. The fraction of sp³-hybridized carbons (Fsp3) is 0.368. The van der Waals surface area contributed by atoms with Crippen molar-refractivity contribution >= 4 is 11.6 Å². The van der Waals surface area contributed by atoms with E-state index < -0.39 is 0 Å². The van der Waals surface area contributed by atoms with Gasteiger partial charge in [0.25, 0.3) is 0 Å². The Morgan fingerprint density at radius 3 is 2.00 bits per heavy atom. The van der Waals surface area contributed by atoms with Crippen molar-refractivity contribution in [1.82, 2.24) is 0 Å². The zero-order chi connectivity index (χ0) is 14.7. The maximum absolute atomic E-state index is 6.87. The van der Waals surface area contributed by atoms with Crippen LogP contribution in [0, 0.1) is 20.8 Å². The molecule has 0 heterocycles. The van der Waals surface area contributed by atoms with Gasteiger partial charge in [-0.3, -0.25) is 0 Å². The number of halogens is 1. The first-order chi connectivity index (χ1) is 9.54. The molecule has 2 aromatic carbocycles. The van der Waals surface area contributed by atoms with Gasteiger partial charge in [0.15, 0.2) is 0 Å². The maximum Gasteiger partial charge on any atom is 0.0658 e. The molecule has 0 aliphatic rings. The normalized spacial score (nSPS) is 14.1. The molecule has 0 nitrogen and oxygen atoms in total. The summed E-state index contributed by atoms with van der Waals surface area (Å²) in [5.74, 6) is 0.359. The highest BCUT2D eigenvalue weighted by molar-refractivity contribution is 6.21. The molecule has 0 spiro atoms. The van der Waals surface area contributed by atoms with Gasteiger partial charge in [0, 0.05) is 5.92 Å². The van der Waals surface area contributed by atoms with Gasteiger partial charge in [0.2, 0.25) is 0 Å². The monoisotopic (exact) mass is 286 g/mol. The van der Waals surface area contributed by atoms with Gasteiger partial charge in [-0.15, -0.1) is 11.6 Å². The van der Waals surface area contributed by atoms with E-state index >= 15 is 0 Å². The van der Waals surface area contributed by atoms with Gasteiger partial charge in [-0.05, 0) is 49.4 Å². The van der Waals surface area contributed by atoms with Crippen LogP contribution in [-0.4, -0.2) is 0 Å². The molecular weight excluding hydrogens is 264 g/mol. The minimum absolute atomic E-state index is 0.0306. The average Bonchev–Trinajstić information content (AvgIpc) is 2.39. The summed E-state index contributed by atoms with van der Waals surface area (Å²) in [6.07, 6.45) is 1.05. The molecule has 0 bridgehead atoms. The van der Waals surface area contributed by atoms with Crippen LogP contribution in [0.15, 0.2) is 42.5 Å². The van der Waals surface area contributed by atoms with Crippen molar-refractivity contribution < 1.29 is 0 Å². The van der Waals surface area contributed by atoms with Gasteiger partial charge >= 0.3 is 0 Å². The van der Waals surface area contributed by atoms with Gasteiger partial charge in [-0.25, -0.2) is 0 Å². The van der Waals surface area contributed by atoms with Gasteiger partial charge in [-0.1, -0.05) is 55.0 Å². The van der Waals surface area contributed by atoms with Crippen LogP contribution >= 0.6 is 11.6 Å². The number of alkyl halides is 1. The van der Waals surface area contributed by atoms with Gasteiger partial charge in [0.05, 0.1) is 5.38 Å². The summed E-state index contributed by atoms with van der Waals surface area (Å²) in [6.45, 7) is 8.69. The molecule has 0 amide bonds. The Balaban J connectivity index is 2.42. The molecule has 0 saturated carbocycles. The van der Waals surface area contributed by atoms with Crippen LogP contribution < -0.4 is 0 Å². The highest BCUT2D eigenvalue weighted by atomic mass is 35.5. The van der Waals surface area contributed by atoms with E-state index in [0.717, 1.165) is 6.42 Å². The van der Waals surface area contributed by atoms with E-state index in [9.17, 15) is 0 Å². The van der Waals surface area contributed by atoms with Crippen LogP contribution in [0.5, 0.6) is 0 Å². The molecule has 2 atom stereocenters. The first-order valence-corrected chi connectivity index (χ1v) is 7.75. The summed E-state index contributed by atoms with van der Waals surface area (Å²) >= 11 is 6.87. The van der Waals surface area contributed by atoms with Crippen molar-refractivity contribution in [2.45, 2.75) is 45.4 Å². The second-order valence-electron chi connectivity index (χ2n) is 5.64. The Morgan fingerprint density at radius 2 is 1.50 bits per heavy atom. The predicted molar refractivity (Wildman–Crippen MR) is 88.7 cm³/mol. The van der Waals surface area contributed by atoms with Crippen molar-refractivity contribution in [2.24, 2.45) is 0 Å². The molecule has 0 radical (unpaired) electrons. The standard InChI is InChI=1S/C19H23Cl/c1-5-17(16-9-7-6-8-10-16)19(20)18-14(3)11-13(2)12-15(18)4/h6-12,17,19H,5H2,1-4H3. The Bertz CT molecular complexity index is 549. The maximum atomic E-state index is 6.87. The fourth-order valence-electron chi connectivity index (χ4n) is 3.14. The third-order valence-electron chi connectivity index (χ3n) is 4.03. The van der Waals surface area contributed by atoms with Gasteiger partial charge < -0.3 is 0 Å². The number of hydrogen-bond acceptors (Lipinski definition) is 0. The summed E-state index contributed by atoms with van der Waals surface area (Å²) in [5.41, 5.74) is 6.54. The van der Waals surface area contributed by atoms with E-state index in [4.69, 9.17) is 11.6 Å². The third-order valence-corrected chi connectivity index (χ3v) is 4.56. The molecule has 0 aromatic heterocycles. The van der Waals surface area contributed by atoms with Crippen LogP contribution in [0.3, 0.4) is 0 Å². The molecule has 0 fully saturated rings. The molecule has 2 aromatic rings. The minimum Gasteiger partial charge on any atom is -0.117 e. The number of aryl methyl sites for hydroxylation is 3. The molecule has 20 heavy (non-hydrogen) atoms. The molecular formula is C19H23Cl. The van der Waals surface area contributed by atoms with E-state index in [1.165, 1.54) is 27.8 Å². The lowest BCUT2D eigenvalue weighted by molar-refractivity contribution is 0.636. The smallest absolute Gasteiger partial charge is 0.0658 e. The molecule has 0 N–H and O–H groups in total. The van der Waals surface area contributed by atoms with Crippen LogP contribution in [0.4, 0.5) is 0 Å². The van der Waals surface area contributed by atoms with Gasteiger partial charge in [0.1, 0.15) is 0 Å². The van der Waals surface area contributed by atoms with Crippen LogP contribution in [0.2, 0.25) is 0 Å². The predicted octanol–water partition coefficient (Wildman–Crippen LogP) is 6.09. The molecule has 0 saturated heterocycles. The number of rotatable bonds is 4. The van der Waals surface area contributed by atoms with Crippen LogP contribution in [0.25, 0.3) is 0 Å². The highest BCUT2D eigenvalue weighted by Crippen LogP contribution is 2.41. The summed E-state index contributed by atoms with van der Waals surface area (Å²) in [6, 6.07) is 15.1. The SMILES string of the molecule is CCC(c1ccccc1)C(Cl)c1c(C)cc(C)cc1C. The van der Waals surface area contributed by atoms with Crippen molar-refractivity contribution in [3.63, 3.8) is 0 Å². The van der Waals surface area contributed by atoms with E-state index in [1.54, 1.807) is 0 Å². The fourth-order valence-corrected chi connectivity index (χ4v) is 3.81. The Morgan fingerprint density at radius 1 is 0.950 bits per heavy atom. The third kappa shape index (κ3) is 3.07. The zero-order valence-electron chi connectivity index (χ0n) is 12.8. The molecule has 2 rings (SSSR count). The van der Waals surface area contributed by atoms with E-state index in [0.29, 0.717) is 5.92 Å². The van der Waals surface area contributed by atoms with Crippen molar-refractivity contribution in [3.05, 3.63) is 70.3 Å². The molecule has 106 valence electrons. The largest absolute Gasteiger partial charge is 0.117 e. The Hall–Kier alpha value is -1.27. The first kappa shape index (κ1) is 15.1. The topological polar surface area (TPSA) is 0 Å². The summed E-state index contributed by atoms with van der Waals surface area (Å²) < 4.78 is 0. The van der Waals surface area contributed by atoms with Crippen LogP contribution in [-0.2, 0) is 0 Å². The van der Waals surface area contributed by atoms with Gasteiger partial charge in [-0.2, -0.15) is 0 Å². The quantitative estimate of drug-likeness (QED) is 0.597.